The maximum Gasteiger partial charge on any atom is 0.328 e. The first-order valence-corrected chi connectivity index (χ1v) is 6.30. The zero-order valence-electron chi connectivity index (χ0n) is 11.8. The molecule has 0 unspecified atom stereocenters. The van der Waals surface area contributed by atoms with Gasteiger partial charge in [-0.15, -0.1) is 0 Å². The molecule has 0 amide bonds. The van der Waals surface area contributed by atoms with Crippen molar-refractivity contribution in [3.8, 4) is 0 Å². The van der Waals surface area contributed by atoms with Gasteiger partial charge in [0.05, 0.1) is 0 Å². The molecule has 3 heteroatoms. The van der Waals surface area contributed by atoms with E-state index < -0.39 is 11.5 Å². The van der Waals surface area contributed by atoms with Crippen molar-refractivity contribution in [1.82, 2.24) is 0 Å². The molecule has 0 aromatic heterocycles. The molecule has 0 fully saturated rings. The maximum absolute atomic E-state index is 11.3. The van der Waals surface area contributed by atoms with Crippen LogP contribution in [0.15, 0.2) is 36.4 Å². The molecule has 0 spiro atoms. The molecule has 19 heavy (non-hydrogen) atoms. The summed E-state index contributed by atoms with van der Waals surface area (Å²) in [6, 6.07) is 12.3. The van der Waals surface area contributed by atoms with Crippen molar-refractivity contribution < 1.29 is 9.90 Å². The molecule has 0 saturated heterocycles. The van der Waals surface area contributed by atoms with Crippen molar-refractivity contribution >= 4 is 22.4 Å². The second kappa shape index (κ2) is 4.57. The molecule has 1 N–H and O–H groups in total. The highest BCUT2D eigenvalue weighted by Crippen LogP contribution is 2.27. The van der Waals surface area contributed by atoms with E-state index >= 15 is 0 Å². The third-order valence-electron chi connectivity index (χ3n) is 3.73. The number of benzene rings is 2. The van der Waals surface area contributed by atoms with Gasteiger partial charge >= 0.3 is 5.97 Å². The number of hydrogen-bond acceptors (Lipinski definition) is 2. The number of carbonyl (C=O) groups is 1. The smallest absolute Gasteiger partial charge is 0.328 e. The van der Waals surface area contributed by atoms with E-state index in [2.05, 4.69) is 25.1 Å². The molecule has 0 bridgehead atoms. The van der Waals surface area contributed by atoms with Crippen molar-refractivity contribution in [3.05, 3.63) is 42.0 Å². The Balaban J connectivity index is 2.46. The van der Waals surface area contributed by atoms with E-state index in [1.54, 1.807) is 18.7 Å². The number of rotatable bonds is 3. The Hall–Kier alpha value is -2.03. The summed E-state index contributed by atoms with van der Waals surface area (Å²) in [6.45, 7) is 5.47. The van der Waals surface area contributed by atoms with Crippen LogP contribution in [0.5, 0.6) is 0 Å². The summed E-state index contributed by atoms with van der Waals surface area (Å²) >= 11 is 0. The molecular weight excluding hydrogens is 238 g/mol. The van der Waals surface area contributed by atoms with Gasteiger partial charge in [0.15, 0.2) is 0 Å². The normalized spacial score (nSPS) is 11.6. The second-order valence-corrected chi connectivity index (χ2v) is 5.46. The topological polar surface area (TPSA) is 40.5 Å². The summed E-state index contributed by atoms with van der Waals surface area (Å²) in [5.41, 5.74) is 1.20. The van der Waals surface area contributed by atoms with E-state index in [-0.39, 0.29) is 0 Å². The molecule has 0 saturated carbocycles. The van der Waals surface area contributed by atoms with E-state index in [1.165, 1.54) is 10.9 Å². The zero-order valence-corrected chi connectivity index (χ0v) is 11.8. The SMILES string of the molecule is Cc1ccc2cc(N(C)C(C)(C)C(=O)O)ccc2c1. The van der Waals surface area contributed by atoms with Crippen LogP contribution in [0.2, 0.25) is 0 Å². The Kier molecular flexibility index (Phi) is 3.23. The summed E-state index contributed by atoms with van der Waals surface area (Å²) in [4.78, 5) is 13.1. The summed E-state index contributed by atoms with van der Waals surface area (Å²) in [6.07, 6.45) is 0. The summed E-state index contributed by atoms with van der Waals surface area (Å²) in [7, 11) is 1.81. The minimum atomic E-state index is -0.932. The van der Waals surface area contributed by atoms with Crippen LogP contribution in [-0.4, -0.2) is 23.7 Å². The Labute approximate surface area is 113 Å². The molecule has 0 aliphatic carbocycles. The van der Waals surface area contributed by atoms with Gasteiger partial charge < -0.3 is 10.0 Å². The minimum absolute atomic E-state index is 0.834. The third kappa shape index (κ3) is 2.41. The van der Waals surface area contributed by atoms with Crippen molar-refractivity contribution in [1.29, 1.82) is 0 Å². The predicted molar refractivity (Wildman–Crippen MR) is 78.8 cm³/mol. The number of nitrogens with zero attached hydrogens (tertiary/aromatic N) is 1. The van der Waals surface area contributed by atoms with E-state index in [9.17, 15) is 9.90 Å². The van der Waals surface area contributed by atoms with Gasteiger partial charge in [0, 0.05) is 12.7 Å². The zero-order chi connectivity index (χ0) is 14.2. The number of likely N-dealkylation sites (N-methyl/N-ethyl adjacent to an activating group) is 1. The summed E-state index contributed by atoms with van der Waals surface area (Å²) in [5, 5.41) is 11.6. The Morgan fingerprint density at radius 2 is 1.68 bits per heavy atom. The van der Waals surface area contributed by atoms with Crippen molar-refractivity contribution in [2.24, 2.45) is 0 Å². The molecule has 3 nitrogen and oxygen atoms in total. The number of carboxylic acids is 1. The first kappa shape index (κ1) is 13.4. The van der Waals surface area contributed by atoms with Gasteiger partial charge in [-0.3, -0.25) is 0 Å². The highest BCUT2D eigenvalue weighted by Gasteiger charge is 2.32. The lowest BCUT2D eigenvalue weighted by Gasteiger charge is -2.33. The Morgan fingerprint density at radius 1 is 1.11 bits per heavy atom. The first-order chi connectivity index (χ1) is 8.82. The van der Waals surface area contributed by atoms with Crippen LogP contribution in [0, 0.1) is 6.92 Å². The first-order valence-electron chi connectivity index (χ1n) is 6.30. The van der Waals surface area contributed by atoms with Crippen molar-refractivity contribution in [3.63, 3.8) is 0 Å². The number of hydrogen-bond donors (Lipinski definition) is 1. The second-order valence-electron chi connectivity index (χ2n) is 5.46. The average Bonchev–Trinajstić information content (AvgIpc) is 2.37. The van der Waals surface area contributed by atoms with Gasteiger partial charge in [0.2, 0.25) is 0 Å². The quantitative estimate of drug-likeness (QED) is 0.915. The fourth-order valence-electron chi connectivity index (χ4n) is 2.03. The van der Waals surface area contributed by atoms with Gasteiger partial charge in [0.1, 0.15) is 5.54 Å². The summed E-state index contributed by atoms with van der Waals surface area (Å²) in [5.74, 6) is -0.834. The third-order valence-corrected chi connectivity index (χ3v) is 3.73. The summed E-state index contributed by atoms with van der Waals surface area (Å²) < 4.78 is 0. The van der Waals surface area contributed by atoms with Crippen molar-refractivity contribution in [2.45, 2.75) is 26.3 Å². The van der Waals surface area contributed by atoms with E-state index in [4.69, 9.17) is 0 Å². The van der Waals surface area contributed by atoms with Gasteiger partial charge in [-0.2, -0.15) is 0 Å². The number of aliphatic carboxylic acids is 1. The Morgan fingerprint density at radius 3 is 2.32 bits per heavy atom. The van der Waals surface area contributed by atoms with Crippen LogP contribution in [0.4, 0.5) is 5.69 Å². The fourth-order valence-corrected chi connectivity index (χ4v) is 2.03. The van der Waals surface area contributed by atoms with Crippen LogP contribution in [0.3, 0.4) is 0 Å². The minimum Gasteiger partial charge on any atom is -0.480 e. The number of carboxylic acid groups (broad SMARTS) is 1. The lowest BCUT2D eigenvalue weighted by molar-refractivity contribution is -0.142. The molecular formula is C16H19NO2. The molecule has 0 heterocycles. The molecule has 0 aliphatic rings. The van der Waals surface area contributed by atoms with Gasteiger partial charge in [-0.1, -0.05) is 29.8 Å². The monoisotopic (exact) mass is 257 g/mol. The molecule has 0 atom stereocenters. The highest BCUT2D eigenvalue weighted by atomic mass is 16.4. The lowest BCUT2D eigenvalue weighted by atomic mass is 10.0. The van der Waals surface area contributed by atoms with Crippen LogP contribution in [0.1, 0.15) is 19.4 Å². The van der Waals surface area contributed by atoms with E-state index in [0.29, 0.717) is 0 Å². The Bertz CT molecular complexity index is 632. The fraction of sp³-hybridized carbons (Fsp3) is 0.312. The van der Waals surface area contributed by atoms with Gasteiger partial charge in [-0.05, 0) is 43.7 Å². The highest BCUT2D eigenvalue weighted by molar-refractivity contribution is 5.88. The van der Waals surface area contributed by atoms with E-state index in [1.807, 2.05) is 25.2 Å². The molecule has 2 aromatic carbocycles. The molecule has 100 valence electrons. The molecule has 0 aliphatic heterocycles. The largest absolute Gasteiger partial charge is 0.480 e. The molecule has 2 aromatic rings. The van der Waals surface area contributed by atoms with Crippen LogP contribution >= 0.6 is 0 Å². The molecule has 0 radical (unpaired) electrons. The predicted octanol–water partition coefficient (Wildman–Crippen LogP) is 3.45. The molecule has 2 rings (SSSR count). The average molecular weight is 257 g/mol. The standard InChI is InChI=1S/C16H19NO2/c1-11-5-6-13-10-14(8-7-12(13)9-11)17(4)16(2,3)15(18)19/h5-10H,1-4H3,(H,18,19). The number of aryl methyl sites for hydroxylation is 1. The number of anilines is 1. The van der Waals surface area contributed by atoms with Crippen molar-refractivity contribution in [2.75, 3.05) is 11.9 Å². The number of fused-ring (bicyclic) bond motifs is 1. The van der Waals surface area contributed by atoms with E-state index in [0.717, 1.165) is 11.1 Å². The lowest BCUT2D eigenvalue weighted by Crippen LogP contribution is -2.48. The van der Waals surface area contributed by atoms with Gasteiger partial charge in [-0.25, -0.2) is 4.79 Å². The maximum atomic E-state index is 11.3. The van der Waals surface area contributed by atoms with Crippen LogP contribution in [0.25, 0.3) is 10.8 Å². The van der Waals surface area contributed by atoms with Crippen LogP contribution < -0.4 is 4.90 Å². The van der Waals surface area contributed by atoms with Crippen LogP contribution in [-0.2, 0) is 4.79 Å². The van der Waals surface area contributed by atoms with Gasteiger partial charge in [0.25, 0.3) is 0 Å².